The molecule has 1 aromatic rings. The first-order valence-corrected chi connectivity index (χ1v) is 6.14. The van der Waals surface area contributed by atoms with Gasteiger partial charge in [0.2, 0.25) is 0 Å². The van der Waals surface area contributed by atoms with Crippen molar-refractivity contribution < 1.29 is 4.79 Å². The number of nitrogens with zero attached hydrogens (tertiary/aromatic N) is 2. The Kier molecular flexibility index (Phi) is 4.75. The zero-order chi connectivity index (χ0) is 11.3. The average Bonchev–Trinajstić information content (AvgIpc) is 2.16. The third-order valence-electron chi connectivity index (χ3n) is 1.72. The molecule has 0 spiro atoms. The maximum atomic E-state index is 10.6. The monoisotopic (exact) mass is 224 g/mol. The fourth-order valence-corrected chi connectivity index (χ4v) is 2.07. The van der Waals surface area contributed by atoms with Gasteiger partial charge in [-0.3, -0.25) is 4.79 Å². The van der Waals surface area contributed by atoms with Crippen LogP contribution in [0.2, 0.25) is 0 Å². The number of aromatic nitrogens is 2. The third kappa shape index (κ3) is 4.42. The zero-order valence-electron chi connectivity index (χ0n) is 9.36. The van der Waals surface area contributed by atoms with Crippen molar-refractivity contribution in [2.24, 2.45) is 5.92 Å². The van der Waals surface area contributed by atoms with Crippen LogP contribution in [-0.4, -0.2) is 22.0 Å². The molecule has 1 heterocycles. The predicted octanol–water partition coefficient (Wildman–Crippen LogP) is 2.49. The van der Waals surface area contributed by atoms with Crippen LogP contribution in [0.4, 0.5) is 0 Å². The summed E-state index contributed by atoms with van der Waals surface area (Å²) in [6.07, 6.45) is 0.769. The second-order valence-electron chi connectivity index (χ2n) is 3.88. The molecule has 0 radical (unpaired) electrons. The first kappa shape index (κ1) is 12.2. The van der Waals surface area contributed by atoms with Crippen molar-refractivity contribution >= 4 is 18.0 Å². The van der Waals surface area contributed by atoms with Crippen molar-refractivity contribution in [1.82, 2.24) is 9.97 Å². The maximum absolute atomic E-state index is 10.6. The normalized spacial score (nSPS) is 10.7. The molecule has 1 rings (SSSR count). The van der Waals surface area contributed by atoms with E-state index in [1.165, 1.54) is 0 Å². The largest absolute Gasteiger partial charge is 0.296 e. The minimum atomic E-state index is 0.475. The van der Waals surface area contributed by atoms with Crippen LogP contribution in [0.15, 0.2) is 6.07 Å². The molecular formula is C11H16N2OS. The smallest absolute Gasteiger partial charge is 0.168 e. The summed E-state index contributed by atoms with van der Waals surface area (Å²) in [5.74, 6) is 3.29. The first-order chi connectivity index (χ1) is 7.11. The van der Waals surface area contributed by atoms with E-state index in [2.05, 4.69) is 23.8 Å². The summed E-state index contributed by atoms with van der Waals surface area (Å²) in [7, 11) is 0. The number of hydrogen-bond donors (Lipinski definition) is 0. The van der Waals surface area contributed by atoms with Gasteiger partial charge in [0.25, 0.3) is 0 Å². The van der Waals surface area contributed by atoms with Gasteiger partial charge in [-0.15, -0.1) is 0 Å². The molecule has 0 aromatic carbocycles. The SMILES string of the molecule is Cc1cc(C=O)nc(CSCC(C)C)n1. The minimum Gasteiger partial charge on any atom is -0.296 e. The number of carbonyl (C=O) groups is 1. The summed E-state index contributed by atoms with van der Waals surface area (Å²) in [5, 5.41) is 0. The lowest BCUT2D eigenvalue weighted by atomic mass is 10.3. The molecule has 1 aromatic heterocycles. The van der Waals surface area contributed by atoms with E-state index in [9.17, 15) is 4.79 Å². The van der Waals surface area contributed by atoms with E-state index in [-0.39, 0.29) is 0 Å². The highest BCUT2D eigenvalue weighted by Gasteiger charge is 2.02. The Morgan fingerprint density at radius 3 is 2.80 bits per heavy atom. The second-order valence-corrected chi connectivity index (χ2v) is 4.91. The Morgan fingerprint density at radius 1 is 1.47 bits per heavy atom. The van der Waals surface area contributed by atoms with Crippen molar-refractivity contribution in [2.75, 3.05) is 5.75 Å². The highest BCUT2D eigenvalue weighted by molar-refractivity contribution is 7.98. The Labute approximate surface area is 94.7 Å². The second kappa shape index (κ2) is 5.85. The molecule has 0 saturated heterocycles. The molecule has 0 aliphatic rings. The van der Waals surface area contributed by atoms with Crippen LogP contribution in [0, 0.1) is 12.8 Å². The van der Waals surface area contributed by atoms with Crippen LogP contribution < -0.4 is 0 Å². The van der Waals surface area contributed by atoms with Gasteiger partial charge in [-0.2, -0.15) is 11.8 Å². The van der Waals surface area contributed by atoms with Gasteiger partial charge in [0.15, 0.2) is 6.29 Å². The molecule has 0 N–H and O–H groups in total. The van der Waals surface area contributed by atoms with Gasteiger partial charge in [-0.25, -0.2) is 9.97 Å². The van der Waals surface area contributed by atoms with Crippen LogP contribution >= 0.6 is 11.8 Å². The molecule has 82 valence electrons. The van der Waals surface area contributed by atoms with Crippen LogP contribution in [0.1, 0.15) is 35.9 Å². The molecule has 3 nitrogen and oxygen atoms in total. The maximum Gasteiger partial charge on any atom is 0.168 e. The molecule has 4 heteroatoms. The Morgan fingerprint density at radius 2 is 2.20 bits per heavy atom. The molecule has 0 amide bonds. The highest BCUT2D eigenvalue weighted by Crippen LogP contribution is 2.13. The van der Waals surface area contributed by atoms with E-state index < -0.39 is 0 Å². The van der Waals surface area contributed by atoms with E-state index in [0.29, 0.717) is 11.6 Å². The van der Waals surface area contributed by atoms with Gasteiger partial charge < -0.3 is 0 Å². The van der Waals surface area contributed by atoms with Gasteiger partial charge in [0.05, 0.1) is 5.75 Å². The van der Waals surface area contributed by atoms with Crippen molar-refractivity contribution in [3.05, 3.63) is 23.3 Å². The molecule has 0 fully saturated rings. The fourth-order valence-electron chi connectivity index (χ4n) is 1.17. The fraction of sp³-hybridized carbons (Fsp3) is 0.545. The Balaban J connectivity index is 2.60. The highest BCUT2D eigenvalue weighted by atomic mass is 32.2. The van der Waals surface area contributed by atoms with E-state index in [1.807, 2.05) is 6.92 Å². The van der Waals surface area contributed by atoms with Crippen LogP contribution in [0.3, 0.4) is 0 Å². The molecule has 0 atom stereocenters. The molecular weight excluding hydrogens is 208 g/mol. The van der Waals surface area contributed by atoms with Gasteiger partial charge in [-0.05, 0) is 24.7 Å². The van der Waals surface area contributed by atoms with Crippen molar-refractivity contribution in [3.8, 4) is 0 Å². The number of thioether (sulfide) groups is 1. The van der Waals surface area contributed by atoms with Gasteiger partial charge in [0.1, 0.15) is 11.5 Å². The quantitative estimate of drug-likeness (QED) is 0.721. The summed E-state index contributed by atoms with van der Waals surface area (Å²) in [6, 6.07) is 1.70. The van der Waals surface area contributed by atoms with Crippen molar-refractivity contribution in [3.63, 3.8) is 0 Å². The third-order valence-corrected chi connectivity index (χ3v) is 3.09. The van der Waals surface area contributed by atoms with E-state index >= 15 is 0 Å². The van der Waals surface area contributed by atoms with Gasteiger partial charge >= 0.3 is 0 Å². The number of aryl methyl sites for hydroxylation is 1. The molecule has 0 aliphatic heterocycles. The topological polar surface area (TPSA) is 42.9 Å². The minimum absolute atomic E-state index is 0.475. The zero-order valence-corrected chi connectivity index (χ0v) is 10.2. The first-order valence-electron chi connectivity index (χ1n) is 4.99. The summed E-state index contributed by atoms with van der Waals surface area (Å²) in [4.78, 5) is 19.0. The van der Waals surface area contributed by atoms with Crippen LogP contribution in [0.25, 0.3) is 0 Å². The molecule has 0 saturated carbocycles. The van der Waals surface area contributed by atoms with Crippen molar-refractivity contribution in [1.29, 1.82) is 0 Å². The summed E-state index contributed by atoms with van der Waals surface area (Å²) in [6.45, 7) is 6.24. The van der Waals surface area contributed by atoms with Crippen LogP contribution in [0.5, 0.6) is 0 Å². The van der Waals surface area contributed by atoms with E-state index in [0.717, 1.165) is 29.3 Å². The van der Waals surface area contributed by atoms with Crippen LogP contribution in [-0.2, 0) is 5.75 Å². The summed E-state index contributed by atoms with van der Waals surface area (Å²) >= 11 is 1.80. The van der Waals surface area contributed by atoms with E-state index in [4.69, 9.17) is 0 Å². The van der Waals surface area contributed by atoms with E-state index in [1.54, 1.807) is 17.8 Å². The predicted molar refractivity (Wildman–Crippen MR) is 63.2 cm³/mol. The Bertz CT molecular complexity index is 339. The number of rotatable bonds is 5. The number of aldehydes is 1. The van der Waals surface area contributed by atoms with Gasteiger partial charge in [-0.1, -0.05) is 13.8 Å². The lowest BCUT2D eigenvalue weighted by Gasteiger charge is -2.04. The molecule has 0 unspecified atom stereocenters. The summed E-state index contributed by atoms with van der Waals surface area (Å²) < 4.78 is 0. The molecule has 0 bridgehead atoms. The standard InChI is InChI=1S/C11H16N2OS/c1-8(2)6-15-7-11-12-9(3)4-10(5-14)13-11/h4-5,8H,6-7H2,1-3H3. The van der Waals surface area contributed by atoms with Crippen molar-refractivity contribution in [2.45, 2.75) is 26.5 Å². The summed E-state index contributed by atoms with van der Waals surface area (Å²) in [5.41, 5.74) is 1.33. The number of hydrogen-bond acceptors (Lipinski definition) is 4. The van der Waals surface area contributed by atoms with Gasteiger partial charge in [0, 0.05) is 5.69 Å². The molecule has 0 aliphatic carbocycles. The lowest BCUT2D eigenvalue weighted by Crippen LogP contribution is -2.00. The Hall–Kier alpha value is -0.900. The molecule has 15 heavy (non-hydrogen) atoms. The lowest BCUT2D eigenvalue weighted by molar-refractivity contribution is 0.111. The average molecular weight is 224 g/mol. The number of carbonyl (C=O) groups excluding carboxylic acids is 1.